The van der Waals surface area contributed by atoms with Crippen LogP contribution in [0, 0.1) is 0 Å². The number of carbonyl (C=O) groups excluding carboxylic acids is 2. The summed E-state index contributed by atoms with van der Waals surface area (Å²) in [6.07, 6.45) is 4.60. The maximum Gasteiger partial charge on any atom is 0.261 e. The lowest BCUT2D eigenvalue weighted by Gasteiger charge is -2.29. The second-order valence-electron chi connectivity index (χ2n) is 5.65. The lowest BCUT2D eigenvalue weighted by atomic mass is 9.94. The highest BCUT2D eigenvalue weighted by molar-refractivity contribution is 7.89. The zero-order chi connectivity index (χ0) is 16.1. The quantitative estimate of drug-likeness (QED) is 0.830. The van der Waals surface area contributed by atoms with E-state index in [0.717, 1.165) is 38.2 Å². The number of sulfonamides is 1. The molecule has 0 atom stereocenters. The molecule has 0 radical (unpaired) electrons. The zero-order valence-corrected chi connectivity index (χ0v) is 13.3. The van der Waals surface area contributed by atoms with Gasteiger partial charge in [0.25, 0.3) is 11.8 Å². The van der Waals surface area contributed by atoms with E-state index < -0.39 is 21.8 Å². The highest BCUT2D eigenvalue weighted by Crippen LogP contribution is 2.34. The highest BCUT2D eigenvalue weighted by Gasteiger charge is 2.41. The molecule has 2 N–H and O–H groups in total. The average Bonchev–Trinajstić information content (AvgIpc) is 2.69. The van der Waals surface area contributed by atoms with Crippen LogP contribution in [0.2, 0.25) is 5.02 Å². The third kappa shape index (κ3) is 2.43. The smallest absolute Gasteiger partial charge is 0.261 e. The van der Waals surface area contributed by atoms with Crippen LogP contribution >= 0.6 is 11.6 Å². The van der Waals surface area contributed by atoms with Crippen molar-refractivity contribution in [3.63, 3.8) is 0 Å². The second-order valence-corrected chi connectivity index (χ2v) is 7.58. The Balaban J connectivity index is 2.06. The van der Waals surface area contributed by atoms with Crippen molar-refractivity contribution < 1.29 is 18.0 Å². The summed E-state index contributed by atoms with van der Waals surface area (Å²) in [5.74, 6) is -0.872. The Labute approximate surface area is 133 Å². The van der Waals surface area contributed by atoms with Crippen molar-refractivity contribution in [2.45, 2.75) is 43.0 Å². The van der Waals surface area contributed by atoms with Gasteiger partial charge in [-0.2, -0.15) is 0 Å². The number of benzene rings is 1. The second kappa shape index (κ2) is 5.33. The Morgan fingerprint density at radius 3 is 2.14 bits per heavy atom. The van der Waals surface area contributed by atoms with E-state index in [4.69, 9.17) is 16.7 Å². The van der Waals surface area contributed by atoms with Gasteiger partial charge in [-0.25, -0.2) is 13.6 Å². The maximum atomic E-state index is 12.5. The summed E-state index contributed by atoms with van der Waals surface area (Å²) in [6, 6.07) is 2.20. The lowest BCUT2D eigenvalue weighted by molar-refractivity contribution is 0.0549. The number of nitrogens with zero attached hydrogens (tertiary/aromatic N) is 1. The van der Waals surface area contributed by atoms with E-state index in [1.807, 2.05) is 0 Å². The van der Waals surface area contributed by atoms with Crippen LogP contribution in [0.4, 0.5) is 0 Å². The van der Waals surface area contributed by atoms with Gasteiger partial charge in [-0.05, 0) is 25.0 Å². The molecule has 1 aromatic rings. The molecule has 8 heteroatoms. The molecule has 3 rings (SSSR count). The third-order valence-corrected chi connectivity index (χ3v) is 5.59. The minimum Gasteiger partial charge on any atom is -0.271 e. The maximum absolute atomic E-state index is 12.5. The molecule has 6 nitrogen and oxygen atoms in total. The van der Waals surface area contributed by atoms with Crippen LogP contribution in [0.5, 0.6) is 0 Å². The molecule has 1 heterocycles. The molecule has 2 amide bonds. The van der Waals surface area contributed by atoms with Crippen LogP contribution in [-0.4, -0.2) is 31.2 Å². The minimum absolute atomic E-state index is 0.0593. The van der Waals surface area contributed by atoms with Crippen LogP contribution in [0.25, 0.3) is 0 Å². The number of rotatable bonds is 2. The molecule has 0 spiro atoms. The van der Waals surface area contributed by atoms with Gasteiger partial charge in [0.05, 0.1) is 16.1 Å². The first-order chi connectivity index (χ1) is 10.3. The Bertz CT molecular complexity index is 769. The number of imide groups is 1. The molecule has 0 bridgehead atoms. The van der Waals surface area contributed by atoms with Gasteiger partial charge in [-0.1, -0.05) is 30.9 Å². The van der Waals surface area contributed by atoms with E-state index in [1.165, 1.54) is 11.0 Å². The standard InChI is InChI=1S/C14H15ClN2O4S/c15-11-6-9-10(7-12(11)22(16,20)21)14(19)17(13(9)18)8-4-2-1-3-5-8/h6-8H,1-5H2,(H2,16,20,21). The first-order valence-electron chi connectivity index (χ1n) is 7.05. The number of carbonyl (C=O) groups is 2. The van der Waals surface area contributed by atoms with E-state index in [1.54, 1.807) is 0 Å². The molecular formula is C14H15ClN2O4S. The summed E-state index contributed by atoms with van der Waals surface area (Å²) < 4.78 is 23.0. The Morgan fingerprint density at radius 2 is 1.59 bits per heavy atom. The molecule has 1 fully saturated rings. The predicted octanol–water partition coefficient (Wildman–Crippen LogP) is 1.92. The summed E-state index contributed by atoms with van der Waals surface area (Å²) in [7, 11) is -4.05. The number of nitrogens with two attached hydrogens (primary N) is 1. The molecule has 0 unspecified atom stereocenters. The minimum atomic E-state index is -4.05. The first kappa shape index (κ1) is 15.5. The Morgan fingerprint density at radius 1 is 1.05 bits per heavy atom. The summed E-state index contributed by atoms with van der Waals surface area (Å²) in [6.45, 7) is 0. The molecule has 118 valence electrons. The van der Waals surface area contributed by atoms with E-state index in [-0.39, 0.29) is 27.1 Å². The van der Waals surface area contributed by atoms with Gasteiger partial charge in [0, 0.05) is 6.04 Å². The highest BCUT2D eigenvalue weighted by atomic mass is 35.5. The lowest BCUT2D eigenvalue weighted by Crippen LogP contribution is -2.40. The fraction of sp³-hybridized carbons (Fsp3) is 0.429. The Hall–Kier alpha value is -1.44. The molecule has 1 saturated carbocycles. The zero-order valence-electron chi connectivity index (χ0n) is 11.7. The normalized spacial score (nSPS) is 19.6. The molecule has 0 saturated heterocycles. The fourth-order valence-electron chi connectivity index (χ4n) is 3.15. The molecule has 0 aromatic heterocycles. The fourth-order valence-corrected chi connectivity index (χ4v) is 4.25. The van der Waals surface area contributed by atoms with Crippen molar-refractivity contribution in [3.8, 4) is 0 Å². The number of halogens is 1. The van der Waals surface area contributed by atoms with Crippen LogP contribution < -0.4 is 5.14 Å². The number of fused-ring (bicyclic) bond motifs is 1. The monoisotopic (exact) mass is 342 g/mol. The number of primary sulfonamides is 1. The van der Waals surface area contributed by atoms with Crippen LogP contribution in [0.1, 0.15) is 52.8 Å². The molecular weight excluding hydrogens is 328 g/mol. The SMILES string of the molecule is NS(=O)(=O)c1cc2c(cc1Cl)C(=O)N(C1CCCCC1)C2=O. The largest absolute Gasteiger partial charge is 0.271 e. The summed E-state index contributed by atoms with van der Waals surface area (Å²) in [4.78, 5) is 25.9. The van der Waals surface area contributed by atoms with Crippen molar-refractivity contribution >= 4 is 33.4 Å². The molecule has 1 aromatic carbocycles. The summed E-state index contributed by atoms with van der Waals surface area (Å²) in [5.41, 5.74) is 0.206. The first-order valence-corrected chi connectivity index (χ1v) is 8.97. The van der Waals surface area contributed by atoms with Gasteiger partial charge >= 0.3 is 0 Å². The van der Waals surface area contributed by atoms with Crippen molar-refractivity contribution in [3.05, 3.63) is 28.3 Å². The Kier molecular flexibility index (Phi) is 3.74. The van der Waals surface area contributed by atoms with Gasteiger partial charge in [0.2, 0.25) is 10.0 Å². The van der Waals surface area contributed by atoms with E-state index in [0.29, 0.717) is 0 Å². The van der Waals surface area contributed by atoms with E-state index >= 15 is 0 Å². The average molecular weight is 343 g/mol. The van der Waals surface area contributed by atoms with Gasteiger partial charge in [-0.3, -0.25) is 14.5 Å². The number of hydrogen-bond donors (Lipinski definition) is 1. The van der Waals surface area contributed by atoms with Crippen molar-refractivity contribution in [2.75, 3.05) is 0 Å². The molecule has 1 aliphatic carbocycles. The van der Waals surface area contributed by atoms with Crippen LogP contribution in [0.3, 0.4) is 0 Å². The molecule has 22 heavy (non-hydrogen) atoms. The topological polar surface area (TPSA) is 97.5 Å². The van der Waals surface area contributed by atoms with Crippen LogP contribution in [0.15, 0.2) is 17.0 Å². The predicted molar refractivity (Wildman–Crippen MR) is 80.2 cm³/mol. The third-order valence-electron chi connectivity index (χ3n) is 4.22. The molecule has 1 aliphatic heterocycles. The van der Waals surface area contributed by atoms with Crippen molar-refractivity contribution in [1.29, 1.82) is 0 Å². The molecule has 2 aliphatic rings. The van der Waals surface area contributed by atoms with E-state index in [2.05, 4.69) is 0 Å². The van der Waals surface area contributed by atoms with Crippen molar-refractivity contribution in [2.24, 2.45) is 5.14 Å². The van der Waals surface area contributed by atoms with Gasteiger partial charge in [0.1, 0.15) is 4.90 Å². The van der Waals surface area contributed by atoms with Crippen LogP contribution in [-0.2, 0) is 10.0 Å². The van der Waals surface area contributed by atoms with Gasteiger partial charge in [0.15, 0.2) is 0 Å². The number of amides is 2. The summed E-state index contributed by atoms with van der Waals surface area (Å²) in [5, 5.41) is 4.94. The van der Waals surface area contributed by atoms with Crippen molar-refractivity contribution in [1.82, 2.24) is 4.90 Å². The van der Waals surface area contributed by atoms with Gasteiger partial charge in [-0.15, -0.1) is 0 Å². The van der Waals surface area contributed by atoms with Gasteiger partial charge < -0.3 is 0 Å². The number of hydrogen-bond acceptors (Lipinski definition) is 4. The summed E-state index contributed by atoms with van der Waals surface area (Å²) >= 11 is 5.90. The van der Waals surface area contributed by atoms with E-state index in [9.17, 15) is 18.0 Å².